The van der Waals surface area contributed by atoms with E-state index in [0.717, 1.165) is 9.87 Å². The van der Waals surface area contributed by atoms with Crippen LogP contribution in [0.3, 0.4) is 0 Å². The van der Waals surface area contributed by atoms with Crippen molar-refractivity contribution in [3.8, 4) is 0 Å². The van der Waals surface area contributed by atoms with E-state index in [0.29, 0.717) is 38.9 Å². The van der Waals surface area contributed by atoms with Gasteiger partial charge in [-0.3, -0.25) is 9.89 Å². The van der Waals surface area contributed by atoms with Crippen LogP contribution in [-0.2, 0) is 21.4 Å². The van der Waals surface area contributed by atoms with Gasteiger partial charge in [0, 0.05) is 18.8 Å². The van der Waals surface area contributed by atoms with Crippen molar-refractivity contribution in [3.63, 3.8) is 0 Å². The maximum Gasteiger partial charge on any atom is 0.243 e. The van der Waals surface area contributed by atoms with Crippen molar-refractivity contribution in [2.75, 3.05) is 18.8 Å². The Bertz CT molecular complexity index is 1220. The van der Waals surface area contributed by atoms with Gasteiger partial charge in [-0.1, -0.05) is 58.7 Å². The average Bonchev–Trinajstić information content (AvgIpc) is 3.18. The number of hydrogen-bond acceptors (Lipinski definition) is 6. The number of thioether (sulfide) groups is 1. The molecule has 0 saturated carbocycles. The van der Waals surface area contributed by atoms with Crippen LogP contribution in [0.15, 0.2) is 52.5 Å². The molecule has 8 nitrogen and oxygen atoms in total. The van der Waals surface area contributed by atoms with Crippen molar-refractivity contribution in [2.45, 2.75) is 30.4 Å². The molecule has 0 aliphatic rings. The van der Waals surface area contributed by atoms with Crippen LogP contribution in [0.5, 0.6) is 0 Å². The van der Waals surface area contributed by atoms with Crippen LogP contribution in [0.2, 0.25) is 10.0 Å². The predicted molar refractivity (Wildman–Crippen MR) is 130 cm³/mol. The summed E-state index contributed by atoms with van der Waals surface area (Å²) in [7, 11) is -3.94. The monoisotopic (exact) mass is 527 g/mol. The van der Waals surface area contributed by atoms with Gasteiger partial charge in [-0.25, -0.2) is 13.4 Å². The van der Waals surface area contributed by atoms with Crippen molar-refractivity contribution >= 4 is 50.9 Å². The number of amides is 1. The standard InChI is InChI=1S/C21H23Cl2N5O3S2/c1-14-3-6-17(7-4-14)33(30,31)28(12-16-5-8-18(22)19(23)11-16)13-20(29)24-9-10-32-21-25-15(2)26-27-21/h3-8,11H,9-10,12-13H2,1-2H3,(H,24,29)(H,25,26,27). The Hall–Kier alpha value is -2.11. The molecule has 2 N–H and O–H groups in total. The second kappa shape index (κ2) is 11.3. The summed E-state index contributed by atoms with van der Waals surface area (Å²) >= 11 is 13.5. The molecule has 0 spiro atoms. The molecule has 0 aliphatic carbocycles. The van der Waals surface area contributed by atoms with Gasteiger partial charge in [0.15, 0.2) is 0 Å². The molecule has 0 aliphatic heterocycles. The quantitative estimate of drug-likeness (QED) is 0.306. The zero-order valence-corrected chi connectivity index (χ0v) is 21.2. The molecule has 1 amide bonds. The summed E-state index contributed by atoms with van der Waals surface area (Å²) < 4.78 is 27.8. The second-order valence-corrected chi connectivity index (χ2v) is 11.1. The maximum atomic E-state index is 13.3. The largest absolute Gasteiger partial charge is 0.354 e. The zero-order chi connectivity index (χ0) is 24.0. The molecule has 0 radical (unpaired) electrons. The fourth-order valence-corrected chi connectivity index (χ4v) is 5.27. The summed E-state index contributed by atoms with van der Waals surface area (Å²) in [6.45, 7) is 3.62. The van der Waals surface area contributed by atoms with E-state index < -0.39 is 15.9 Å². The highest BCUT2D eigenvalue weighted by molar-refractivity contribution is 7.99. The number of aromatic nitrogens is 3. The van der Waals surface area contributed by atoms with Crippen molar-refractivity contribution in [1.29, 1.82) is 0 Å². The number of carbonyl (C=O) groups excluding carboxylic acids is 1. The van der Waals surface area contributed by atoms with Crippen molar-refractivity contribution in [2.24, 2.45) is 0 Å². The number of benzene rings is 2. The lowest BCUT2D eigenvalue weighted by Gasteiger charge is -2.22. The topological polar surface area (TPSA) is 108 Å². The summed E-state index contributed by atoms with van der Waals surface area (Å²) in [5.41, 5.74) is 1.55. The van der Waals surface area contributed by atoms with Gasteiger partial charge in [0.05, 0.1) is 21.5 Å². The van der Waals surface area contributed by atoms with Gasteiger partial charge >= 0.3 is 0 Å². The molecule has 0 saturated heterocycles. The molecule has 1 aromatic heterocycles. The van der Waals surface area contributed by atoms with Crippen LogP contribution >= 0.6 is 35.0 Å². The molecule has 12 heteroatoms. The van der Waals surface area contributed by atoms with Crippen LogP contribution < -0.4 is 5.32 Å². The SMILES string of the molecule is Cc1ccc(S(=O)(=O)N(CC(=O)NCCSc2n[nH]c(C)n2)Cc2ccc(Cl)c(Cl)c2)cc1. The minimum absolute atomic E-state index is 0.0360. The van der Waals surface area contributed by atoms with E-state index in [1.54, 1.807) is 37.3 Å². The Labute approximate surface area is 207 Å². The minimum Gasteiger partial charge on any atom is -0.354 e. The number of rotatable bonds is 10. The van der Waals surface area contributed by atoms with E-state index in [1.807, 2.05) is 6.92 Å². The Balaban J connectivity index is 1.70. The van der Waals surface area contributed by atoms with Crippen molar-refractivity contribution in [3.05, 3.63) is 69.5 Å². The molecule has 3 aromatic rings. The second-order valence-electron chi connectivity index (χ2n) is 7.24. The molecule has 3 rings (SSSR count). The Kier molecular flexibility index (Phi) is 8.77. The van der Waals surface area contributed by atoms with Crippen LogP contribution in [0.25, 0.3) is 0 Å². The summed E-state index contributed by atoms with van der Waals surface area (Å²) in [5, 5.41) is 10.8. The molecule has 176 valence electrons. The van der Waals surface area contributed by atoms with Gasteiger partial charge in [-0.05, 0) is 43.7 Å². The normalized spacial score (nSPS) is 11.7. The van der Waals surface area contributed by atoms with Crippen molar-refractivity contribution in [1.82, 2.24) is 24.8 Å². The van der Waals surface area contributed by atoms with Crippen molar-refractivity contribution < 1.29 is 13.2 Å². The van der Waals surface area contributed by atoms with Gasteiger partial charge in [0.2, 0.25) is 21.1 Å². The highest BCUT2D eigenvalue weighted by Crippen LogP contribution is 2.25. The highest BCUT2D eigenvalue weighted by Gasteiger charge is 2.27. The number of nitrogens with zero attached hydrogens (tertiary/aromatic N) is 3. The maximum absolute atomic E-state index is 13.3. The number of nitrogens with one attached hydrogen (secondary N) is 2. The zero-order valence-electron chi connectivity index (χ0n) is 18.0. The Morgan fingerprint density at radius 3 is 2.48 bits per heavy atom. The minimum atomic E-state index is -3.94. The molecule has 0 unspecified atom stereocenters. The first-order valence-electron chi connectivity index (χ1n) is 9.94. The van der Waals surface area contributed by atoms with Gasteiger partial charge in [-0.2, -0.15) is 4.31 Å². The summed E-state index contributed by atoms with van der Waals surface area (Å²) in [4.78, 5) is 16.9. The van der Waals surface area contributed by atoms with Gasteiger partial charge in [0.1, 0.15) is 5.82 Å². The van der Waals surface area contributed by atoms with E-state index >= 15 is 0 Å². The van der Waals surface area contributed by atoms with Crippen LogP contribution in [0.1, 0.15) is 17.0 Å². The molecule has 33 heavy (non-hydrogen) atoms. The Morgan fingerprint density at radius 2 is 1.85 bits per heavy atom. The lowest BCUT2D eigenvalue weighted by Crippen LogP contribution is -2.40. The van der Waals surface area contributed by atoms with Gasteiger partial charge in [0.25, 0.3) is 0 Å². The number of aryl methyl sites for hydroxylation is 2. The first-order valence-corrected chi connectivity index (χ1v) is 13.1. The predicted octanol–water partition coefficient (Wildman–Crippen LogP) is 3.83. The van der Waals surface area contributed by atoms with E-state index in [9.17, 15) is 13.2 Å². The average molecular weight is 528 g/mol. The highest BCUT2D eigenvalue weighted by atomic mass is 35.5. The number of carbonyl (C=O) groups is 1. The lowest BCUT2D eigenvalue weighted by atomic mass is 10.2. The molecule has 0 bridgehead atoms. The molecular formula is C21H23Cl2N5O3S2. The summed E-state index contributed by atoms with van der Waals surface area (Å²) in [5.74, 6) is 0.832. The van der Waals surface area contributed by atoms with E-state index in [-0.39, 0.29) is 18.0 Å². The third kappa shape index (κ3) is 7.18. The first kappa shape index (κ1) is 25.5. The molecule has 2 aromatic carbocycles. The lowest BCUT2D eigenvalue weighted by molar-refractivity contribution is -0.121. The number of halogens is 2. The third-order valence-corrected chi connectivity index (χ3v) is 7.95. The molecular weight excluding hydrogens is 505 g/mol. The fraction of sp³-hybridized carbons (Fsp3) is 0.286. The molecule has 0 atom stereocenters. The smallest absolute Gasteiger partial charge is 0.243 e. The van der Waals surface area contributed by atoms with E-state index in [2.05, 4.69) is 20.5 Å². The molecule has 0 fully saturated rings. The van der Waals surface area contributed by atoms with E-state index in [1.165, 1.54) is 23.9 Å². The summed E-state index contributed by atoms with van der Waals surface area (Å²) in [6, 6.07) is 11.4. The van der Waals surface area contributed by atoms with Crippen LogP contribution in [0.4, 0.5) is 0 Å². The number of aromatic amines is 1. The fourth-order valence-electron chi connectivity index (χ4n) is 2.86. The van der Waals surface area contributed by atoms with Gasteiger partial charge < -0.3 is 5.32 Å². The van der Waals surface area contributed by atoms with E-state index in [4.69, 9.17) is 23.2 Å². The third-order valence-electron chi connectivity index (χ3n) is 4.55. The molecule has 1 heterocycles. The number of H-pyrrole nitrogens is 1. The van der Waals surface area contributed by atoms with Crippen LogP contribution in [-0.4, -0.2) is 52.7 Å². The first-order chi connectivity index (χ1) is 15.6. The number of hydrogen-bond donors (Lipinski definition) is 2. The Morgan fingerprint density at radius 1 is 1.12 bits per heavy atom. The number of sulfonamides is 1. The van der Waals surface area contributed by atoms with Gasteiger partial charge in [-0.15, -0.1) is 5.10 Å². The van der Waals surface area contributed by atoms with Crippen LogP contribution in [0, 0.1) is 13.8 Å². The summed E-state index contributed by atoms with van der Waals surface area (Å²) in [6.07, 6.45) is 0.